The Balaban J connectivity index is 2.08. The first-order valence-electron chi connectivity index (χ1n) is 6.00. The summed E-state index contributed by atoms with van der Waals surface area (Å²) in [5.74, 6) is 0. The van der Waals surface area contributed by atoms with Crippen LogP contribution < -0.4 is 5.73 Å². The van der Waals surface area contributed by atoms with Crippen LogP contribution in [0.15, 0.2) is 0 Å². The molecule has 2 nitrogen and oxygen atoms in total. The zero-order chi connectivity index (χ0) is 10.1. The SMILES string of the molecule is CC1(C2(CCN)CCC2)CCOCC1. The summed E-state index contributed by atoms with van der Waals surface area (Å²) < 4.78 is 5.48. The lowest BCUT2D eigenvalue weighted by Gasteiger charge is -2.56. The predicted molar refractivity (Wildman–Crippen MR) is 58.1 cm³/mol. The van der Waals surface area contributed by atoms with Crippen LogP contribution in [0, 0.1) is 10.8 Å². The predicted octanol–water partition coefficient (Wildman–Crippen LogP) is 2.32. The average molecular weight is 197 g/mol. The van der Waals surface area contributed by atoms with Crippen molar-refractivity contribution in [3.8, 4) is 0 Å². The topological polar surface area (TPSA) is 35.2 Å². The van der Waals surface area contributed by atoms with E-state index in [0.29, 0.717) is 10.8 Å². The fourth-order valence-electron chi connectivity index (χ4n) is 3.39. The molecule has 2 N–H and O–H groups in total. The summed E-state index contributed by atoms with van der Waals surface area (Å²) in [6.45, 7) is 5.24. The molecule has 0 amide bonds. The monoisotopic (exact) mass is 197 g/mol. The Morgan fingerprint density at radius 2 is 1.79 bits per heavy atom. The fraction of sp³-hybridized carbons (Fsp3) is 1.00. The maximum atomic E-state index is 5.76. The van der Waals surface area contributed by atoms with Crippen molar-refractivity contribution < 1.29 is 4.74 Å². The van der Waals surface area contributed by atoms with Crippen LogP contribution in [0.25, 0.3) is 0 Å². The molecule has 1 saturated heterocycles. The summed E-state index contributed by atoms with van der Waals surface area (Å²) in [5, 5.41) is 0. The fourth-order valence-corrected chi connectivity index (χ4v) is 3.39. The van der Waals surface area contributed by atoms with E-state index in [9.17, 15) is 0 Å². The highest BCUT2D eigenvalue weighted by molar-refractivity contribution is 5.01. The van der Waals surface area contributed by atoms with Gasteiger partial charge in [-0.1, -0.05) is 13.3 Å². The van der Waals surface area contributed by atoms with E-state index in [1.807, 2.05) is 0 Å². The second-order valence-electron chi connectivity index (χ2n) is 5.35. The number of hydrogen-bond acceptors (Lipinski definition) is 2. The highest BCUT2D eigenvalue weighted by Gasteiger charge is 2.51. The smallest absolute Gasteiger partial charge is 0.0471 e. The van der Waals surface area contributed by atoms with E-state index in [-0.39, 0.29) is 0 Å². The summed E-state index contributed by atoms with van der Waals surface area (Å²) in [5.41, 5.74) is 6.85. The highest BCUT2D eigenvalue weighted by atomic mass is 16.5. The second kappa shape index (κ2) is 3.82. The van der Waals surface area contributed by atoms with Crippen LogP contribution in [-0.2, 0) is 4.74 Å². The maximum absolute atomic E-state index is 5.76. The molecule has 0 spiro atoms. The molecule has 2 aliphatic rings. The van der Waals surface area contributed by atoms with E-state index < -0.39 is 0 Å². The lowest BCUT2D eigenvalue weighted by molar-refractivity contribution is -0.101. The third kappa shape index (κ3) is 1.49. The van der Waals surface area contributed by atoms with E-state index in [2.05, 4.69) is 6.92 Å². The van der Waals surface area contributed by atoms with Crippen LogP contribution in [0.5, 0.6) is 0 Å². The summed E-state index contributed by atoms with van der Waals surface area (Å²) in [7, 11) is 0. The zero-order valence-corrected chi connectivity index (χ0v) is 9.35. The molecule has 2 fully saturated rings. The highest BCUT2D eigenvalue weighted by Crippen LogP contribution is 2.59. The molecule has 2 heteroatoms. The molecule has 1 heterocycles. The van der Waals surface area contributed by atoms with Crippen molar-refractivity contribution in [2.45, 2.75) is 45.4 Å². The molecule has 0 bridgehead atoms. The van der Waals surface area contributed by atoms with Crippen molar-refractivity contribution in [2.75, 3.05) is 19.8 Å². The molecule has 1 saturated carbocycles. The van der Waals surface area contributed by atoms with Gasteiger partial charge in [-0.05, 0) is 49.5 Å². The van der Waals surface area contributed by atoms with Crippen molar-refractivity contribution >= 4 is 0 Å². The summed E-state index contributed by atoms with van der Waals surface area (Å²) in [4.78, 5) is 0. The van der Waals surface area contributed by atoms with Crippen LogP contribution in [0.4, 0.5) is 0 Å². The Morgan fingerprint density at radius 1 is 1.14 bits per heavy atom. The number of nitrogens with two attached hydrogens (primary N) is 1. The number of ether oxygens (including phenoxy) is 1. The zero-order valence-electron chi connectivity index (χ0n) is 9.35. The molecule has 0 atom stereocenters. The Labute approximate surface area is 87.2 Å². The first-order chi connectivity index (χ1) is 6.72. The Bertz CT molecular complexity index is 190. The van der Waals surface area contributed by atoms with Gasteiger partial charge in [0, 0.05) is 13.2 Å². The van der Waals surface area contributed by atoms with Crippen LogP contribution in [0.2, 0.25) is 0 Å². The van der Waals surface area contributed by atoms with Gasteiger partial charge >= 0.3 is 0 Å². The van der Waals surface area contributed by atoms with Gasteiger partial charge in [0.1, 0.15) is 0 Å². The molecule has 2 rings (SSSR count). The molecule has 1 aliphatic heterocycles. The Hall–Kier alpha value is -0.0800. The molecule has 0 unspecified atom stereocenters. The Morgan fingerprint density at radius 3 is 2.21 bits per heavy atom. The molecule has 82 valence electrons. The van der Waals surface area contributed by atoms with Gasteiger partial charge in [-0.2, -0.15) is 0 Å². The van der Waals surface area contributed by atoms with Gasteiger partial charge in [-0.3, -0.25) is 0 Å². The van der Waals surface area contributed by atoms with E-state index in [1.165, 1.54) is 38.5 Å². The lowest BCUT2D eigenvalue weighted by atomic mass is 9.50. The van der Waals surface area contributed by atoms with E-state index in [4.69, 9.17) is 10.5 Å². The molecular weight excluding hydrogens is 174 g/mol. The average Bonchev–Trinajstić information content (AvgIpc) is 2.12. The van der Waals surface area contributed by atoms with Crippen molar-refractivity contribution in [1.29, 1.82) is 0 Å². The minimum atomic E-state index is 0.517. The summed E-state index contributed by atoms with van der Waals surface area (Å²) >= 11 is 0. The first-order valence-corrected chi connectivity index (χ1v) is 6.00. The van der Waals surface area contributed by atoms with E-state index in [0.717, 1.165) is 19.8 Å². The number of hydrogen-bond donors (Lipinski definition) is 1. The molecule has 0 aromatic heterocycles. The summed E-state index contributed by atoms with van der Waals surface area (Å²) in [6, 6.07) is 0. The minimum Gasteiger partial charge on any atom is -0.381 e. The first kappa shape index (κ1) is 10.4. The molecule has 0 aromatic carbocycles. The van der Waals surface area contributed by atoms with Gasteiger partial charge in [-0.15, -0.1) is 0 Å². The molecular formula is C12H23NO. The third-order valence-electron chi connectivity index (χ3n) is 4.81. The van der Waals surface area contributed by atoms with E-state index in [1.54, 1.807) is 0 Å². The normalized spacial score (nSPS) is 29.6. The van der Waals surface area contributed by atoms with Crippen LogP contribution in [0.1, 0.15) is 45.4 Å². The van der Waals surface area contributed by atoms with Gasteiger partial charge < -0.3 is 10.5 Å². The van der Waals surface area contributed by atoms with Crippen LogP contribution in [0.3, 0.4) is 0 Å². The minimum absolute atomic E-state index is 0.517. The van der Waals surface area contributed by atoms with Gasteiger partial charge in [0.2, 0.25) is 0 Å². The maximum Gasteiger partial charge on any atom is 0.0471 e. The molecule has 1 aliphatic carbocycles. The van der Waals surface area contributed by atoms with Crippen LogP contribution >= 0.6 is 0 Å². The molecule has 0 radical (unpaired) electrons. The quantitative estimate of drug-likeness (QED) is 0.753. The second-order valence-corrected chi connectivity index (χ2v) is 5.35. The van der Waals surface area contributed by atoms with Crippen LogP contribution in [-0.4, -0.2) is 19.8 Å². The molecule has 14 heavy (non-hydrogen) atoms. The summed E-state index contributed by atoms with van der Waals surface area (Å²) in [6.07, 6.45) is 7.93. The Kier molecular flexibility index (Phi) is 2.85. The standard InChI is InChI=1S/C12H23NO/c1-11(6-9-14-10-7-11)12(5-8-13)3-2-4-12/h2-10,13H2,1H3. The van der Waals surface area contributed by atoms with Crippen molar-refractivity contribution in [3.63, 3.8) is 0 Å². The lowest BCUT2D eigenvalue weighted by Crippen LogP contribution is -2.49. The third-order valence-corrected chi connectivity index (χ3v) is 4.81. The number of rotatable bonds is 3. The van der Waals surface area contributed by atoms with Gasteiger partial charge in [-0.25, -0.2) is 0 Å². The van der Waals surface area contributed by atoms with Gasteiger partial charge in [0.25, 0.3) is 0 Å². The van der Waals surface area contributed by atoms with Crippen molar-refractivity contribution in [1.82, 2.24) is 0 Å². The van der Waals surface area contributed by atoms with Crippen molar-refractivity contribution in [3.05, 3.63) is 0 Å². The van der Waals surface area contributed by atoms with E-state index >= 15 is 0 Å². The molecule has 0 aromatic rings. The van der Waals surface area contributed by atoms with Crippen molar-refractivity contribution in [2.24, 2.45) is 16.6 Å². The van der Waals surface area contributed by atoms with Gasteiger partial charge in [0.15, 0.2) is 0 Å². The largest absolute Gasteiger partial charge is 0.381 e. The van der Waals surface area contributed by atoms with Gasteiger partial charge in [0.05, 0.1) is 0 Å².